The van der Waals surface area contributed by atoms with Crippen LogP contribution >= 0.6 is 23.1 Å². The number of anilines is 1. The van der Waals surface area contributed by atoms with Crippen molar-refractivity contribution in [2.24, 2.45) is 7.05 Å². The van der Waals surface area contributed by atoms with E-state index in [1.54, 1.807) is 30.2 Å². The predicted molar refractivity (Wildman–Crippen MR) is 109 cm³/mol. The molecule has 0 amide bonds. The van der Waals surface area contributed by atoms with Gasteiger partial charge in [0.15, 0.2) is 0 Å². The van der Waals surface area contributed by atoms with Crippen molar-refractivity contribution in [1.82, 2.24) is 0 Å². The summed E-state index contributed by atoms with van der Waals surface area (Å²) in [7, 11) is 5.92. The number of halogens is 1. The first-order valence-electron chi connectivity index (χ1n) is 8.47. The lowest BCUT2D eigenvalue weighted by Crippen LogP contribution is -3.00. The van der Waals surface area contributed by atoms with Crippen molar-refractivity contribution in [3.05, 3.63) is 46.4 Å². The summed E-state index contributed by atoms with van der Waals surface area (Å²) in [6.07, 6.45) is 2.25. The maximum Gasteiger partial charge on any atom is 0.265 e. The summed E-state index contributed by atoms with van der Waals surface area (Å²) in [5.74, 6) is 1.81. The lowest BCUT2D eigenvalue weighted by molar-refractivity contribution is -0.642. The van der Waals surface area contributed by atoms with Gasteiger partial charge in [-0.25, -0.2) is 0 Å². The van der Waals surface area contributed by atoms with Gasteiger partial charge in [0.2, 0.25) is 5.52 Å². The number of rotatable bonds is 4. The Labute approximate surface area is 184 Å². The number of methoxy groups -OCH3 is 1. The van der Waals surface area contributed by atoms with Gasteiger partial charge in [0, 0.05) is 30.1 Å². The van der Waals surface area contributed by atoms with Gasteiger partial charge in [-0.1, -0.05) is 23.1 Å². The fraction of sp³-hybridized carbons (Fsp3) is 0.250. The van der Waals surface area contributed by atoms with Gasteiger partial charge in [-0.15, -0.1) is 0 Å². The first-order valence-corrected chi connectivity index (χ1v) is 10.1. The Balaban J connectivity index is 0.00000210. The van der Waals surface area contributed by atoms with E-state index in [4.69, 9.17) is 9.47 Å². The van der Waals surface area contributed by atoms with Crippen LogP contribution < -0.4 is 42.9 Å². The summed E-state index contributed by atoms with van der Waals surface area (Å²) in [5.41, 5.74) is 2.40. The molecule has 142 valence electrons. The summed E-state index contributed by atoms with van der Waals surface area (Å²) in [4.78, 5) is 3.47. The van der Waals surface area contributed by atoms with Crippen molar-refractivity contribution in [2.45, 2.75) is 11.8 Å². The highest BCUT2D eigenvalue weighted by molar-refractivity contribution is 8.03. The molecular weight excluding hydrogens is 491 g/mol. The molecule has 0 N–H and O–H groups in total. The van der Waals surface area contributed by atoms with E-state index in [2.05, 4.69) is 53.9 Å². The van der Waals surface area contributed by atoms with Crippen molar-refractivity contribution >= 4 is 45.1 Å². The minimum absolute atomic E-state index is 0. The van der Waals surface area contributed by atoms with Crippen molar-refractivity contribution in [1.29, 1.82) is 0 Å². The molecule has 0 spiro atoms. The normalized spacial score (nSPS) is 14.4. The molecule has 0 radical (unpaired) electrons. The molecular formula is C20H21IN2O2S2. The van der Waals surface area contributed by atoms with Crippen LogP contribution in [-0.4, -0.2) is 20.8 Å². The first-order chi connectivity index (χ1) is 12.6. The number of hydrogen-bond acceptors (Lipinski definition) is 5. The third-order valence-electron chi connectivity index (χ3n) is 4.47. The molecule has 1 aliphatic rings. The molecule has 4 rings (SSSR count). The molecule has 1 aliphatic heterocycles. The summed E-state index contributed by atoms with van der Waals surface area (Å²) in [6.45, 7) is 2.69. The van der Waals surface area contributed by atoms with Crippen LogP contribution in [0.25, 0.3) is 16.3 Å². The average Bonchev–Trinajstić information content (AvgIpc) is 3.12. The second kappa shape index (κ2) is 8.28. The monoisotopic (exact) mass is 512 g/mol. The molecule has 0 fully saturated rings. The molecule has 27 heavy (non-hydrogen) atoms. The highest BCUT2D eigenvalue weighted by Crippen LogP contribution is 2.47. The van der Waals surface area contributed by atoms with Crippen molar-refractivity contribution in [2.75, 3.05) is 25.7 Å². The van der Waals surface area contributed by atoms with E-state index in [9.17, 15) is 0 Å². The minimum atomic E-state index is 0. The number of nitrogens with zero attached hydrogens (tertiary/aromatic N) is 2. The molecule has 0 saturated carbocycles. The Morgan fingerprint density at radius 3 is 2.67 bits per heavy atom. The molecule has 0 atom stereocenters. The minimum Gasteiger partial charge on any atom is -1.00 e. The zero-order chi connectivity index (χ0) is 18.3. The van der Waals surface area contributed by atoms with Gasteiger partial charge in [0.25, 0.3) is 5.01 Å². The van der Waals surface area contributed by atoms with E-state index in [1.165, 1.54) is 30.8 Å². The standard InChI is InChI=1S/C20H21N2O2S2.HI/c1-5-24-14-6-8-15-18(11-14)26-19(21(15)2)12-20-22(3)16-10-13(23-4)7-9-17(16)25-20;/h6-12H,5H2,1-4H3;1H/q+1;/p-1. The summed E-state index contributed by atoms with van der Waals surface area (Å²) in [5, 5.41) is 2.42. The van der Waals surface area contributed by atoms with Crippen LogP contribution in [-0.2, 0) is 7.05 Å². The highest BCUT2D eigenvalue weighted by Gasteiger charge is 2.25. The molecule has 0 saturated heterocycles. The van der Waals surface area contributed by atoms with Crippen molar-refractivity contribution in [3.63, 3.8) is 0 Å². The van der Waals surface area contributed by atoms with Crippen LogP contribution in [0.15, 0.2) is 46.3 Å². The number of aryl methyl sites for hydroxylation is 1. The number of thiazole rings is 1. The Morgan fingerprint density at radius 1 is 1.15 bits per heavy atom. The molecule has 7 heteroatoms. The van der Waals surface area contributed by atoms with Crippen LogP contribution in [0.1, 0.15) is 11.9 Å². The zero-order valence-corrected chi connectivity index (χ0v) is 19.4. The van der Waals surface area contributed by atoms with Crippen LogP contribution in [0.5, 0.6) is 11.5 Å². The topological polar surface area (TPSA) is 25.6 Å². The fourth-order valence-electron chi connectivity index (χ4n) is 3.04. The maximum absolute atomic E-state index is 5.64. The molecule has 1 aromatic heterocycles. The van der Waals surface area contributed by atoms with E-state index < -0.39 is 0 Å². The summed E-state index contributed by atoms with van der Waals surface area (Å²) >= 11 is 3.57. The molecule has 0 unspecified atom stereocenters. The summed E-state index contributed by atoms with van der Waals surface area (Å²) < 4.78 is 14.5. The number of fused-ring (bicyclic) bond motifs is 2. The van der Waals surface area contributed by atoms with Gasteiger partial charge in [-0.3, -0.25) is 0 Å². The predicted octanol–water partition coefficient (Wildman–Crippen LogP) is 1.68. The van der Waals surface area contributed by atoms with E-state index in [0.717, 1.165) is 11.5 Å². The number of ether oxygens (including phenoxy) is 2. The van der Waals surface area contributed by atoms with Crippen LogP contribution in [0.3, 0.4) is 0 Å². The zero-order valence-electron chi connectivity index (χ0n) is 15.7. The quantitative estimate of drug-likeness (QED) is 0.393. The van der Waals surface area contributed by atoms with Crippen LogP contribution in [0, 0.1) is 0 Å². The van der Waals surface area contributed by atoms with Gasteiger partial charge in [-0.2, -0.15) is 4.57 Å². The molecule has 0 aliphatic carbocycles. The van der Waals surface area contributed by atoms with E-state index in [-0.39, 0.29) is 24.0 Å². The maximum atomic E-state index is 5.64. The Kier molecular flexibility index (Phi) is 6.22. The lowest BCUT2D eigenvalue weighted by atomic mass is 10.3. The molecule has 4 nitrogen and oxygen atoms in total. The smallest absolute Gasteiger partial charge is 0.265 e. The Morgan fingerprint density at radius 2 is 1.93 bits per heavy atom. The third kappa shape index (κ3) is 3.77. The lowest BCUT2D eigenvalue weighted by Gasteiger charge is -2.13. The fourth-order valence-corrected chi connectivity index (χ4v) is 5.30. The van der Waals surface area contributed by atoms with Gasteiger partial charge in [0.05, 0.1) is 30.5 Å². The number of aromatic nitrogens is 1. The second-order valence-corrected chi connectivity index (χ2v) is 8.16. The van der Waals surface area contributed by atoms with E-state index in [1.807, 2.05) is 19.1 Å². The van der Waals surface area contributed by atoms with Gasteiger partial charge in [0.1, 0.15) is 23.2 Å². The molecule has 2 heterocycles. The van der Waals surface area contributed by atoms with Gasteiger partial charge in [-0.05, 0) is 25.1 Å². The van der Waals surface area contributed by atoms with Crippen molar-refractivity contribution in [3.8, 4) is 11.5 Å². The Bertz CT molecular complexity index is 1020. The van der Waals surface area contributed by atoms with Crippen LogP contribution in [0.2, 0.25) is 0 Å². The van der Waals surface area contributed by atoms with E-state index >= 15 is 0 Å². The third-order valence-corrected chi connectivity index (χ3v) is 6.78. The number of hydrogen-bond donors (Lipinski definition) is 0. The van der Waals surface area contributed by atoms with Crippen LogP contribution in [0.4, 0.5) is 5.69 Å². The molecule has 3 aromatic rings. The largest absolute Gasteiger partial charge is 1.00 e. The Hall–Kier alpha value is -1.45. The first kappa shape index (κ1) is 20.3. The number of benzene rings is 2. The number of thioether (sulfide) groups is 1. The highest BCUT2D eigenvalue weighted by atomic mass is 127. The summed E-state index contributed by atoms with van der Waals surface area (Å²) in [6, 6.07) is 12.5. The second-order valence-electron chi connectivity index (χ2n) is 6.04. The average molecular weight is 512 g/mol. The van der Waals surface area contributed by atoms with Gasteiger partial charge < -0.3 is 38.4 Å². The van der Waals surface area contributed by atoms with Gasteiger partial charge >= 0.3 is 0 Å². The van der Waals surface area contributed by atoms with Crippen molar-refractivity contribution < 1.29 is 38.0 Å². The van der Waals surface area contributed by atoms with E-state index in [0.29, 0.717) is 6.61 Å². The molecule has 0 bridgehead atoms. The SMILES string of the molecule is CCOc1ccc2c(c1)sc(/C=C1/Sc3ccc(OC)cc3N1C)[n+]2C.[I-]. The molecule has 2 aromatic carbocycles.